The molecule has 2 saturated heterocycles. The van der Waals surface area contributed by atoms with E-state index in [1.165, 1.54) is 12.3 Å². The van der Waals surface area contributed by atoms with E-state index in [1.807, 2.05) is 0 Å². The van der Waals surface area contributed by atoms with Crippen LogP contribution in [0.2, 0.25) is 0 Å². The van der Waals surface area contributed by atoms with Gasteiger partial charge in [0.2, 0.25) is 10.0 Å². The summed E-state index contributed by atoms with van der Waals surface area (Å²) in [6, 6.07) is 1.42. The quantitative estimate of drug-likeness (QED) is 0.671. The van der Waals surface area contributed by atoms with E-state index in [2.05, 4.69) is 14.6 Å². The van der Waals surface area contributed by atoms with Gasteiger partial charge >= 0.3 is 0 Å². The molecule has 9 heteroatoms. The molecule has 0 aromatic carbocycles. The average Bonchev–Trinajstić information content (AvgIpc) is 3.31. The van der Waals surface area contributed by atoms with Crippen LogP contribution in [-0.2, 0) is 14.8 Å². The van der Waals surface area contributed by atoms with Gasteiger partial charge in [-0.15, -0.1) is 0 Å². The maximum atomic E-state index is 12.4. The minimum atomic E-state index is -3.59. The summed E-state index contributed by atoms with van der Waals surface area (Å²) in [5.41, 5.74) is 0.329. The van der Waals surface area contributed by atoms with E-state index in [-0.39, 0.29) is 10.8 Å². The van der Waals surface area contributed by atoms with Crippen LogP contribution in [0.25, 0.3) is 0 Å². The Morgan fingerprint density at radius 3 is 2.64 bits per heavy atom. The van der Waals surface area contributed by atoms with E-state index in [9.17, 15) is 13.2 Å². The molecule has 0 spiro atoms. The molecule has 2 fully saturated rings. The second-order valence-electron chi connectivity index (χ2n) is 6.45. The first kappa shape index (κ1) is 18.4. The van der Waals surface area contributed by atoms with Gasteiger partial charge in [-0.3, -0.25) is 9.69 Å². The number of morpholine rings is 1. The lowest BCUT2D eigenvalue weighted by molar-refractivity contribution is 0.0376. The third-order valence-corrected chi connectivity index (χ3v) is 6.08. The van der Waals surface area contributed by atoms with Gasteiger partial charge < -0.3 is 14.6 Å². The highest BCUT2D eigenvalue weighted by atomic mass is 32.2. The Bertz CT molecular complexity index is 676. The third kappa shape index (κ3) is 4.81. The Morgan fingerprint density at radius 2 is 1.92 bits per heavy atom. The Hall–Kier alpha value is -1.42. The van der Waals surface area contributed by atoms with Gasteiger partial charge in [-0.1, -0.05) is 0 Å². The number of amides is 1. The van der Waals surface area contributed by atoms with Crippen molar-refractivity contribution >= 4 is 15.9 Å². The van der Waals surface area contributed by atoms with Crippen molar-refractivity contribution in [2.45, 2.75) is 24.2 Å². The molecule has 2 N–H and O–H groups in total. The van der Waals surface area contributed by atoms with Crippen LogP contribution in [0.1, 0.15) is 29.8 Å². The molecule has 25 heavy (non-hydrogen) atoms. The third-order valence-electron chi connectivity index (χ3n) is 4.64. The Morgan fingerprint density at radius 1 is 1.20 bits per heavy atom. The maximum Gasteiger partial charge on any atom is 0.270 e. The van der Waals surface area contributed by atoms with E-state index in [0.717, 1.165) is 65.2 Å². The molecule has 140 valence electrons. The van der Waals surface area contributed by atoms with Crippen LogP contribution in [0.3, 0.4) is 0 Å². The molecule has 0 aliphatic carbocycles. The molecule has 0 atom stereocenters. The average molecular weight is 370 g/mol. The number of nitrogens with zero attached hydrogens (tertiary/aromatic N) is 2. The highest BCUT2D eigenvalue weighted by Crippen LogP contribution is 2.15. The second kappa shape index (κ2) is 8.31. The summed E-state index contributed by atoms with van der Waals surface area (Å²) in [7, 11) is -3.59. The van der Waals surface area contributed by atoms with Gasteiger partial charge in [0.05, 0.1) is 13.2 Å². The van der Waals surface area contributed by atoms with Crippen LogP contribution in [-0.4, -0.2) is 81.6 Å². The highest BCUT2D eigenvalue weighted by Gasteiger charge is 2.23. The van der Waals surface area contributed by atoms with E-state index in [0.29, 0.717) is 12.2 Å². The number of likely N-dealkylation sites (tertiary alicyclic amines) is 1. The number of H-pyrrole nitrogens is 1. The minimum absolute atomic E-state index is 0.112. The zero-order valence-corrected chi connectivity index (χ0v) is 15.2. The molecule has 8 nitrogen and oxygen atoms in total. The van der Waals surface area contributed by atoms with Gasteiger partial charge in [0, 0.05) is 38.9 Å². The lowest BCUT2D eigenvalue weighted by Gasteiger charge is -2.26. The van der Waals surface area contributed by atoms with E-state index < -0.39 is 10.0 Å². The number of carbonyl (C=O) groups is 1. The van der Waals surface area contributed by atoms with Crippen molar-refractivity contribution in [3.05, 3.63) is 18.0 Å². The van der Waals surface area contributed by atoms with E-state index >= 15 is 0 Å². The van der Waals surface area contributed by atoms with Crippen molar-refractivity contribution in [3.63, 3.8) is 0 Å². The molecule has 0 radical (unpaired) electrons. The number of rotatable bonds is 7. The number of carbonyl (C=O) groups excluding carboxylic acids is 1. The van der Waals surface area contributed by atoms with Crippen molar-refractivity contribution in [3.8, 4) is 0 Å². The van der Waals surface area contributed by atoms with Crippen LogP contribution in [0.4, 0.5) is 0 Å². The Kier molecular flexibility index (Phi) is 6.10. The summed E-state index contributed by atoms with van der Waals surface area (Å²) in [4.78, 5) is 19.2. The number of hydrogen-bond acceptors (Lipinski definition) is 5. The maximum absolute atomic E-state index is 12.4. The van der Waals surface area contributed by atoms with Crippen molar-refractivity contribution in [2.75, 3.05) is 52.5 Å². The highest BCUT2D eigenvalue weighted by molar-refractivity contribution is 7.89. The zero-order chi connectivity index (χ0) is 17.7. The summed E-state index contributed by atoms with van der Waals surface area (Å²) < 4.78 is 32.6. The topological polar surface area (TPSA) is 94.7 Å². The van der Waals surface area contributed by atoms with Gasteiger partial charge in [0.1, 0.15) is 10.6 Å². The minimum Gasteiger partial charge on any atom is -0.379 e. The van der Waals surface area contributed by atoms with Crippen molar-refractivity contribution in [1.29, 1.82) is 0 Å². The van der Waals surface area contributed by atoms with E-state index in [1.54, 1.807) is 4.90 Å². The lowest BCUT2D eigenvalue weighted by Crippen LogP contribution is -2.38. The molecule has 3 heterocycles. The molecule has 2 aliphatic rings. The Balaban J connectivity index is 1.49. The number of nitrogens with one attached hydrogen (secondary N) is 2. The number of sulfonamides is 1. The summed E-state index contributed by atoms with van der Waals surface area (Å²) in [6.45, 7) is 5.96. The van der Waals surface area contributed by atoms with Gasteiger partial charge in [-0.2, -0.15) is 0 Å². The number of aromatic nitrogens is 1. The van der Waals surface area contributed by atoms with Crippen molar-refractivity contribution in [2.24, 2.45) is 0 Å². The predicted octanol–water partition coefficient (Wildman–Crippen LogP) is 0.251. The standard InChI is InChI=1S/C16H26N4O4S/c21-16(20-6-1-2-7-20)15-12-14(13-17-15)25(22,23)18-4-3-5-19-8-10-24-11-9-19/h12-13,17-18H,1-11H2. The molecule has 1 aromatic rings. The monoisotopic (exact) mass is 370 g/mol. The number of hydrogen-bond donors (Lipinski definition) is 2. The molecule has 0 bridgehead atoms. The number of ether oxygens (including phenoxy) is 1. The first-order chi connectivity index (χ1) is 12.1. The molecule has 2 aliphatic heterocycles. The normalized spacial score (nSPS) is 19.4. The first-order valence-corrected chi connectivity index (χ1v) is 10.3. The predicted molar refractivity (Wildman–Crippen MR) is 93.0 cm³/mol. The van der Waals surface area contributed by atoms with Crippen LogP contribution < -0.4 is 4.72 Å². The van der Waals surface area contributed by atoms with Gasteiger partial charge in [-0.05, 0) is 31.9 Å². The molecule has 1 aromatic heterocycles. The van der Waals surface area contributed by atoms with Gasteiger partial charge in [0.25, 0.3) is 5.91 Å². The molecular formula is C16H26N4O4S. The summed E-state index contributed by atoms with van der Waals surface area (Å²) in [6.07, 6.45) is 4.13. The zero-order valence-electron chi connectivity index (χ0n) is 14.4. The smallest absolute Gasteiger partial charge is 0.270 e. The van der Waals surface area contributed by atoms with Crippen LogP contribution in [0.5, 0.6) is 0 Å². The second-order valence-corrected chi connectivity index (χ2v) is 8.22. The molecule has 0 unspecified atom stereocenters. The van der Waals surface area contributed by atoms with Crippen molar-refractivity contribution < 1.29 is 17.9 Å². The van der Waals surface area contributed by atoms with Crippen LogP contribution in [0, 0.1) is 0 Å². The van der Waals surface area contributed by atoms with Crippen LogP contribution >= 0.6 is 0 Å². The fourth-order valence-corrected chi connectivity index (χ4v) is 4.23. The Labute approximate surface area is 148 Å². The molecule has 0 saturated carbocycles. The molecule has 1 amide bonds. The molecular weight excluding hydrogens is 344 g/mol. The van der Waals surface area contributed by atoms with Gasteiger partial charge in [0.15, 0.2) is 0 Å². The van der Waals surface area contributed by atoms with Crippen LogP contribution in [0.15, 0.2) is 17.2 Å². The lowest BCUT2D eigenvalue weighted by atomic mass is 10.3. The molecule has 3 rings (SSSR count). The first-order valence-electron chi connectivity index (χ1n) is 8.84. The van der Waals surface area contributed by atoms with Crippen molar-refractivity contribution in [1.82, 2.24) is 19.5 Å². The fourth-order valence-electron chi connectivity index (χ4n) is 3.16. The largest absolute Gasteiger partial charge is 0.379 e. The SMILES string of the molecule is O=C(c1cc(S(=O)(=O)NCCCN2CCOCC2)c[nH]1)N1CCCC1. The summed E-state index contributed by atoms with van der Waals surface area (Å²) in [5.74, 6) is -0.133. The van der Waals surface area contributed by atoms with E-state index in [4.69, 9.17) is 4.74 Å². The summed E-state index contributed by atoms with van der Waals surface area (Å²) >= 11 is 0. The number of aromatic amines is 1. The summed E-state index contributed by atoms with van der Waals surface area (Å²) in [5, 5.41) is 0. The fraction of sp³-hybridized carbons (Fsp3) is 0.688. The van der Waals surface area contributed by atoms with Gasteiger partial charge in [-0.25, -0.2) is 13.1 Å².